The van der Waals surface area contributed by atoms with Crippen LogP contribution in [0.1, 0.15) is 24.4 Å². The van der Waals surface area contributed by atoms with Gasteiger partial charge in [0.25, 0.3) is 0 Å². The van der Waals surface area contributed by atoms with Crippen molar-refractivity contribution in [3.05, 3.63) is 54.1 Å². The summed E-state index contributed by atoms with van der Waals surface area (Å²) in [5.74, 6) is -0.758. The fourth-order valence-corrected chi connectivity index (χ4v) is 3.22. The minimum Gasteiger partial charge on any atom is -0.494 e. The molecule has 26 heavy (non-hydrogen) atoms. The molecule has 1 aliphatic rings. The van der Waals surface area contributed by atoms with Crippen molar-refractivity contribution in [3.8, 4) is 11.5 Å². The monoisotopic (exact) mass is 360 g/mol. The Morgan fingerprint density at radius 1 is 1.35 bits per heavy atom. The van der Waals surface area contributed by atoms with E-state index in [4.69, 9.17) is 9.47 Å². The second-order valence-electron chi connectivity index (χ2n) is 6.18. The summed E-state index contributed by atoms with van der Waals surface area (Å²) < 4.78 is 24.8. The largest absolute Gasteiger partial charge is 0.494 e. The molecule has 7 heteroatoms. The van der Waals surface area contributed by atoms with Crippen molar-refractivity contribution in [2.45, 2.75) is 25.0 Å². The van der Waals surface area contributed by atoms with Gasteiger partial charge in [0.15, 0.2) is 11.6 Å². The normalized spacial score (nSPS) is 16.8. The zero-order valence-electron chi connectivity index (χ0n) is 14.5. The second-order valence-corrected chi connectivity index (χ2v) is 6.18. The van der Waals surface area contributed by atoms with Crippen LogP contribution in [0.2, 0.25) is 0 Å². The fourth-order valence-electron chi connectivity index (χ4n) is 3.22. The molecule has 0 radical (unpaired) electrons. The Balaban J connectivity index is 1.67. The molecule has 0 spiro atoms. The molecule has 6 nitrogen and oxygen atoms in total. The highest BCUT2D eigenvalue weighted by Gasteiger charge is 2.32. The van der Waals surface area contributed by atoms with E-state index in [1.807, 2.05) is 17.0 Å². The molecular formula is C19H21FN2O4. The number of aromatic nitrogens is 1. The smallest absolute Gasteiger partial charge is 0.325 e. The van der Waals surface area contributed by atoms with E-state index in [0.717, 1.165) is 0 Å². The fraction of sp³-hybridized carbons (Fsp3) is 0.368. The Kier molecular flexibility index (Phi) is 5.68. The first-order valence-corrected chi connectivity index (χ1v) is 8.45. The number of nitrogens with zero attached hydrogens (tertiary/aromatic N) is 2. The van der Waals surface area contributed by atoms with E-state index < -0.39 is 17.8 Å². The molecule has 1 saturated heterocycles. The number of carboxylic acids is 1. The van der Waals surface area contributed by atoms with E-state index in [0.29, 0.717) is 37.2 Å². The van der Waals surface area contributed by atoms with Gasteiger partial charge in [-0.25, -0.2) is 4.39 Å². The van der Waals surface area contributed by atoms with Crippen molar-refractivity contribution in [1.29, 1.82) is 0 Å². The number of likely N-dealkylation sites (tertiary alicyclic amines) is 1. The molecule has 0 amide bonds. The topological polar surface area (TPSA) is 71.9 Å². The zero-order chi connectivity index (χ0) is 18.5. The number of halogens is 1. The van der Waals surface area contributed by atoms with Gasteiger partial charge < -0.3 is 14.6 Å². The van der Waals surface area contributed by atoms with Crippen LogP contribution in [-0.2, 0) is 4.79 Å². The second kappa shape index (κ2) is 8.14. The highest BCUT2D eigenvalue weighted by molar-refractivity contribution is 5.75. The maximum Gasteiger partial charge on any atom is 0.325 e. The van der Waals surface area contributed by atoms with Gasteiger partial charge in [0.1, 0.15) is 17.9 Å². The number of methoxy groups -OCH3 is 1. The van der Waals surface area contributed by atoms with E-state index in [1.165, 1.54) is 19.2 Å². The number of rotatable bonds is 6. The lowest BCUT2D eigenvalue weighted by Gasteiger charge is -2.35. The maximum atomic E-state index is 14.0. The third-order valence-electron chi connectivity index (χ3n) is 4.50. The number of ether oxygens (including phenoxy) is 2. The van der Waals surface area contributed by atoms with E-state index in [9.17, 15) is 14.3 Å². The molecule has 3 rings (SSSR count). The van der Waals surface area contributed by atoms with E-state index in [-0.39, 0.29) is 11.9 Å². The van der Waals surface area contributed by atoms with E-state index in [1.54, 1.807) is 18.5 Å². The Bertz CT molecular complexity index is 748. The number of carboxylic acid groups (broad SMARTS) is 1. The highest BCUT2D eigenvalue weighted by Crippen LogP contribution is 2.29. The average Bonchev–Trinajstić information content (AvgIpc) is 2.64. The summed E-state index contributed by atoms with van der Waals surface area (Å²) in [6.07, 6.45) is 4.74. The summed E-state index contributed by atoms with van der Waals surface area (Å²) in [4.78, 5) is 17.7. The molecule has 138 valence electrons. The first kappa shape index (κ1) is 18.1. The van der Waals surface area contributed by atoms with Crippen LogP contribution in [-0.4, -0.2) is 47.3 Å². The minimum atomic E-state index is -0.999. The summed E-state index contributed by atoms with van der Waals surface area (Å²) in [5, 5.41) is 9.66. The van der Waals surface area contributed by atoms with Gasteiger partial charge in [0.2, 0.25) is 0 Å². The third kappa shape index (κ3) is 4.11. The van der Waals surface area contributed by atoms with Crippen LogP contribution < -0.4 is 9.47 Å². The number of aliphatic carboxylic acids is 1. The summed E-state index contributed by atoms with van der Waals surface area (Å²) in [7, 11) is 1.37. The van der Waals surface area contributed by atoms with Crippen LogP contribution in [0.5, 0.6) is 11.5 Å². The van der Waals surface area contributed by atoms with Crippen LogP contribution in [0, 0.1) is 5.82 Å². The minimum absolute atomic E-state index is 0.0116. The lowest BCUT2D eigenvalue weighted by molar-refractivity contribution is -0.144. The SMILES string of the molecule is COc1ccc(C(C(=O)O)N2CCC(Oc3cccnc3)CC2)cc1F. The summed E-state index contributed by atoms with van der Waals surface area (Å²) in [6, 6.07) is 7.05. The number of hydrogen-bond acceptors (Lipinski definition) is 5. The quantitative estimate of drug-likeness (QED) is 0.854. The Morgan fingerprint density at radius 2 is 2.12 bits per heavy atom. The molecule has 2 heterocycles. The number of benzene rings is 1. The van der Waals surface area contributed by atoms with Crippen LogP contribution in [0.4, 0.5) is 4.39 Å². The van der Waals surface area contributed by atoms with E-state index >= 15 is 0 Å². The van der Waals surface area contributed by atoms with Gasteiger partial charge in [0.05, 0.1) is 13.3 Å². The van der Waals surface area contributed by atoms with Gasteiger partial charge in [-0.15, -0.1) is 0 Å². The van der Waals surface area contributed by atoms with Crippen LogP contribution in [0.3, 0.4) is 0 Å². The highest BCUT2D eigenvalue weighted by atomic mass is 19.1. The predicted octanol–water partition coefficient (Wildman–Crippen LogP) is 2.90. The number of hydrogen-bond donors (Lipinski definition) is 1. The lowest BCUT2D eigenvalue weighted by Crippen LogP contribution is -2.43. The van der Waals surface area contributed by atoms with Crippen molar-refractivity contribution in [2.75, 3.05) is 20.2 Å². The first-order valence-electron chi connectivity index (χ1n) is 8.45. The molecule has 1 fully saturated rings. The molecule has 1 aromatic carbocycles. The molecule has 0 saturated carbocycles. The molecule has 0 bridgehead atoms. The zero-order valence-corrected chi connectivity index (χ0v) is 14.5. The maximum absolute atomic E-state index is 14.0. The third-order valence-corrected chi connectivity index (χ3v) is 4.50. The van der Waals surface area contributed by atoms with Gasteiger partial charge in [-0.1, -0.05) is 6.07 Å². The Hall–Kier alpha value is -2.67. The van der Waals surface area contributed by atoms with Crippen molar-refractivity contribution in [2.24, 2.45) is 0 Å². The number of carbonyl (C=O) groups is 1. The lowest BCUT2D eigenvalue weighted by atomic mass is 10.00. The van der Waals surface area contributed by atoms with Crippen molar-refractivity contribution in [3.63, 3.8) is 0 Å². The predicted molar refractivity (Wildman–Crippen MR) is 92.8 cm³/mol. The molecule has 1 unspecified atom stereocenters. The number of pyridine rings is 1. The summed E-state index contributed by atoms with van der Waals surface area (Å²) in [6.45, 7) is 1.10. The van der Waals surface area contributed by atoms with Crippen molar-refractivity contribution < 1.29 is 23.8 Å². The molecular weight excluding hydrogens is 339 g/mol. The molecule has 0 aliphatic carbocycles. The molecule has 1 atom stereocenters. The Labute approximate surface area is 151 Å². The van der Waals surface area contributed by atoms with E-state index in [2.05, 4.69) is 4.98 Å². The van der Waals surface area contributed by atoms with Crippen molar-refractivity contribution in [1.82, 2.24) is 9.88 Å². The summed E-state index contributed by atoms with van der Waals surface area (Å²) >= 11 is 0. The van der Waals surface area contributed by atoms with Gasteiger partial charge in [-0.2, -0.15) is 0 Å². The molecule has 1 aromatic heterocycles. The first-order chi connectivity index (χ1) is 12.6. The summed E-state index contributed by atoms with van der Waals surface area (Å²) in [5.41, 5.74) is 0.405. The standard InChI is InChI=1S/C19H21FN2O4/c1-25-17-5-4-13(11-16(17)20)18(19(23)24)22-9-6-14(7-10-22)26-15-3-2-8-21-12-15/h2-5,8,11-12,14,18H,6-7,9-10H2,1H3,(H,23,24). The van der Waals surface area contributed by atoms with Gasteiger partial charge >= 0.3 is 5.97 Å². The number of piperidine rings is 1. The van der Waals surface area contributed by atoms with Crippen LogP contribution in [0.15, 0.2) is 42.7 Å². The molecule has 1 N–H and O–H groups in total. The van der Waals surface area contributed by atoms with Gasteiger partial charge in [-0.3, -0.25) is 14.7 Å². The molecule has 1 aliphatic heterocycles. The van der Waals surface area contributed by atoms with Crippen molar-refractivity contribution >= 4 is 5.97 Å². The molecule has 2 aromatic rings. The average molecular weight is 360 g/mol. The van der Waals surface area contributed by atoms with Crippen LogP contribution in [0.25, 0.3) is 0 Å². The van der Waals surface area contributed by atoms with Gasteiger partial charge in [0, 0.05) is 19.3 Å². The van der Waals surface area contributed by atoms with Crippen LogP contribution >= 0.6 is 0 Å². The Morgan fingerprint density at radius 3 is 2.69 bits per heavy atom. The van der Waals surface area contributed by atoms with Gasteiger partial charge in [-0.05, 0) is 42.7 Å².